The number of nitrogens with one attached hydrogen (secondary N) is 1. The number of anilines is 1. The normalized spacial score (nSPS) is 22.6. The van der Waals surface area contributed by atoms with Gasteiger partial charge in [-0.3, -0.25) is 9.78 Å². The second-order valence-electron chi connectivity index (χ2n) is 7.24. The molecule has 1 amide bonds. The molecule has 152 valence electrons. The predicted molar refractivity (Wildman–Crippen MR) is 102 cm³/mol. The van der Waals surface area contributed by atoms with Crippen LogP contribution in [0.1, 0.15) is 12.0 Å². The number of pyridine rings is 1. The Morgan fingerprint density at radius 1 is 1.31 bits per heavy atom. The minimum absolute atomic E-state index is 0.153. The molecular weight excluding hydrogens is 380 g/mol. The van der Waals surface area contributed by atoms with Crippen LogP contribution < -0.4 is 15.0 Å². The molecule has 9 heteroatoms. The van der Waals surface area contributed by atoms with Crippen LogP contribution >= 0.6 is 0 Å². The van der Waals surface area contributed by atoms with Crippen molar-refractivity contribution in [3.63, 3.8) is 0 Å². The number of methoxy groups -OCH3 is 1. The van der Waals surface area contributed by atoms with E-state index in [-0.39, 0.29) is 23.3 Å². The van der Waals surface area contributed by atoms with Gasteiger partial charge in [0, 0.05) is 43.7 Å². The van der Waals surface area contributed by atoms with E-state index in [2.05, 4.69) is 20.3 Å². The van der Waals surface area contributed by atoms with Crippen molar-refractivity contribution < 1.29 is 18.3 Å². The van der Waals surface area contributed by atoms with Gasteiger partial charge in [0.05, 0.1) is 13.3 Å². The van der Waals surface area contributed by atoms with Crippen LogP contribution in [0.2, 0.25) is 0 Å². The zero-order chi connectivity index (χ0) is 20.4. The zero-order valence-electron chi connectivity index (χ0n) is 15.9. The Labute approximate surface area is 166 Å². The predicted octanol–water partition coefficient (Wildman–Crippen LogP) is 2.06. The minimum Gasteiger partial charge on any atom is -0.467 e. The van der Waals surface area contributed by atoms with Gasteiger partial charge in [0.1, 0.15) is 5.82 Å². The fraction of sp³-hybridized carbons (Fsp3) is 0.400. The molecule has 1 unspecified atom stereocenters. The number of carbonyl (C=O) groups excluding carboxylic acids is 1. The van der Waals surface area contributed by atoms with E-state index in [0.29, 0.717) is 24.3 Å². The SMILES string of the molecule is COc1ncc(F)c(N2C[C@@H]3C(CCNC(=O)/C=C/c4cnccc4F)[C@@H]3C2)n1. The van der Waals surface area contributed by atoms with Gasteiger partial charge < -0.3 is 15.0 Å². The van der Waals surface area contributed by atoms with Crippen LogP contribution in [0.3, 0.4) is 0 Å². The van der Waals surface area contributed by atoms with E-state index in [9.17, 15) is 13.6 Å². The van der Waals surface area contributed by atoms with E-state index in [1.807, 2.05) is 4.90 Å². The quantitative estimate of drug-likeness (QED) is 0.716. The number of nitrogens with zero attached hydrogens (tertiary/aromatic N) is 4. The Kier molecular flexibility index (Phi) is 5.37. The maximum Gasteiger partial charge on any atom is 0.318 e. The third-order valence-electron chi connectivity index (χ3n) is 5.54. The number of piperidine rings is 1. The summed E-state index contributed by atoms with van der Waals surface area (Å²) in [6.07, 6.45) is 7.43. The highest BCUT2D eigenvalue weighted by Gasteiger charge is 2.55. The van der Waals surface area contributed by atoms with Crippen LogP contribution in [0.4, 0.5) is 14.6 Å². The minimum atomic E-state index is -0.451. The summed E-state index contributed by atoms with van der Waals surface area (Å²) in [5.41, 5.74) is 0.271. The van der Waals surface area contributed by atoms with E-state index in [0.717, 1.165) is 25.7 Å². The molecular formula is C20H21F2N5O2. The molecule has 0 aromatic carbocycles. The van der Waals surface area contributed by atoms with Gasteiger partial charge in [-0.05, 0) is 36.3 Å². The van der Waals surface area contributed by atoms with Crippen molar-refractivity contribution >= 4 is 17.8 Å². The highest BCUT2D eigenvalue weighted by molar-refractivity contribution is 5.91. The molecule has 4 rings (SSSR count). The summed E-state index contributed by atoms with van der Waals surface area (Å²) in [7, 11) is 1.45. The third kappa shape index (κ3) is 4.18. The molecule has 1 saturated carbocycles. The molecule has 1 saturated heterocycles. The summed E-state index contributed by atoms with van der Waals surface area (Å²) in [6, 6.07) is 1.40. The molecule has 2 aromatic heterocycles. The van der Waals surface area contributed by atoms with E-state index < -0.39 is 11.6 Å². The summed E-state index contributed by atoms with van der Waals surface area (Å²) in [4.78, 5) is 25.5. The van der Waals surface area contributed by atoms with E-state index in [1.165, 1.54) is 37.7 Å². The Hall–Kier alpha value is -3.10. The van der Waals surface area contributed by atoms with Gasteiger partial charge in [-0.2, -0.15) is 4.98 Å². The molecule has 1 N–H and O–H groups in total. The van der Waals surface area contributed by atoms with Crippen molar-refractivity contribution in [2.45, 2.75) is 6.42 Å². The first kappa shape index (κ1) is 19.2. The van der Waals surface area contributed by atoms with Crippen molar-refractivity contribution in [1.29, 1.82) is 0 Å². The van der Waals surface area contributed by atoms with Crippen LogP contribution in [0.5, 0.6) is 6.01 Å². The summed E-state index contributed by atoms with van der Waals surface area (Å²) in [6.45, 7) is 2.02. The lowest BCUT2D eigenvalue weighted by molar-refractivity contribution is -0.116. The molecule has 7 nitrogen and oxygen atoms in total. The summed E-state index contributed by atoms with van der Waals surface area (Å²) < 4.78 is 32.5. The smallest absolute Gasteiger partial charge is 0.318 e. The Bertz CT molecular complexity index is 927. The summed E-state index contributed by atoms with van der Waals surface area (Å²) >= 11 is 0. The number of fused-ring (bicyclic) bond motifs is 1. The number of hydrogen-bond acceptors (Lipinski definition) is 6. The van der Waals surface area contributed by atoms with E-state index in [4.69, 9.17) is 4.74 Å². The first-order chi connectivity index (χ1) is 14.1. The highest BCUT2D eigenvalue weighted by atomic mass is 19.1. The third-order valence-corrected chi connectivity index (χ3v) is 5.54. The van der Waals surface area contributed by atoms with Crippen molar-refractivity contribution in [2.24, 2.45) is 17.8 Å². The van der Waals surface area contributed by atoms with Crippen molar-refractivity contribution in [1.82, 2.24) is 20.3 Å². The maximum atomic E-state index is 14.0. The van der Waals surface area contributed by atoms with Gasteiger partial charge in [-0.15, -0.1) is 0 Å². The van der Waals surface area contributed by atoms with Gasteiger partial charge in [-0.25, -0.2) is 13.8 Å². The lowest BCUT2D eigenvalue weighted by Crippen LogP contribution is -2.28. The fourth-order valence-electron chi connectivity index (χ4n) is 4.01. The van der Waals surface area contributed by atoms with Crippen LogP contribution in [0.25, 0.3) is 6.08 Å². The number of halogens is 2. The van der Waals surface area contributed by atoms with E-state index >= 15 is 0 Å². The summed E-state index contributed by atoms with van der Waals surface area (Å²) in [5, 5.41) is 2.82. The molecule has 1 aliphatic carbocycles. The molecule has 3 atom stereocenters. The van der Waals surface area contributed by atoms with Crippen LogP contribution in [-0.2, 0) is 4.79 Å². The lowest BCUT2D eigenvalue weighted by atomic mass is 10.2. The van der Waals surface area contributed by atoms with Crippen molar-refractivity contribution in [3.8, 4) is 6.01 Å². The number of amides is 1. The average Bonchev–Trinajstić information content (AvgIpc) is 3.17. The number of hydrogen-bond donors (Lipinski definition) is 1. The standard InChI is InChI=1S/C20H21F2N5O2/c1-29-20-25-9-17(22)19(26-20)27-10-14-13(15(14)11-27)4-7-24-18(28)3-2-12-8-23-6-5-16(12)21/h2-3,5-6,8-9,13-15H,4,7,10-11H2,1H3,(H,24,28)/b3-2+/t13?,14-,15+. The topological polar surface area (TPSA) is 80.2 Å². The second-order valence-corrected chi connectivity index (χ2v) is 7.24. The Morgan fingerprint density at radius 2 is 2.10 bits per heavy atom. The Morgan fingerprint density at radius 3 is 2.83 bits per heavy atom. The lowest BCUT2D eigenvalue weighted by Gasteiger charge is -2.21. The molecule has 29 heavy (non-hydrogen) atoms. The Balaban J connectivity index is 1.21. The molecule has 0 radical (unpaired) electrons. The van der Waals surface area contributed by atoms with Crippen molar-refractivity contribution in [3.05, 3.63) is 47.9 Å². The summed E-state index contributed by atoms with van der Waals surface area (Å²) in [5.74, 6) is 0.613. The molecule has 3 heterocycles. The largest absolute Gasteiger partial charge is 0.467 e. The maximum absolute atomic E-state index is 14.0. The molecule has 2 aliphatic rings. The number of rotatable bonds is 7. The second kappa shape index (κ2) is 8.10. The van der Waals surface area contributed by atoms with Crippen LogP contribution in [0, 0.1) is 29.4 Å². The molecule has 0 spiro atoms. The van der Waals surface area contributed by atoms with Gasteiger partial charge in [0.15, 0.2) is 11.6 Å². The number of ether oxygens (including phenoxy) is 1. The van der Waals surface area contributed by atoms with Gasteiger partial charge in [-0.1, -0.05) is 0 Å². The molecule has 2 aromatic rings. The zero-order valence-corrected chi connectivity index (χ0v) is 15.9. The van der Waals surface area contributed by atoms with Crippen LogP contribution in [-0.4, -0.2) is 47.6 Å². The molecule has 2 fully saturated rings. The monoisotopic (exact) mass is 401 g/mol. The first-order valence-corrected chi connectivity index (χ1v) is 9.43. The number of aromatic nitrogens is 3. The van der Waals surface area contributed by atoms with Gasteiger partial charge in [0.2, 0.25) is 5.91 Å². The van der Waals surface area contributed by atoms with Crippen LogP contribution in [0.15, 0.2) is 30.7 Å². The first-order valence-electron chi connectivity index (χ1n) is 9.43. The van der Waals surface area contributed by atoms with Crippen molar-refractivity contribution in [2.75, 3.05) is 31.6 Å². The highest BCUT2D eigenvalue weighted by Crippen LogP contribution is 2.54. The fourth-order valence-corrected chi connectivity index (χ4v) is 4.01. The van der Waals surface area contributed by atoms with Gasteiger partial charge >= 0.3 is 6.01 Å². The molecule has 1 aliphatic heterocycles. The van der Waals surface area contributed by atoms with E-state index in [1.54, 1.807) is 0 Å². The van der Waals surface area contributed by atoms with Gasteiger partial charge in [0.25, 0.3) is 0 Å². The number of carbonyl (C=O) groups is 1. The molecule has 0 bridgehead atoms. The average molecular weight is 401 g/mol.